The summed E-state index contributed by atoms with van der Waals surface area (Å²) < 4.78 is 5.51. The molecule has 1 saturated heterocycles. The first-order chi connectivity index (χ1) is 11.5. The van der Waals surface area contributed by atoms with E-state index in [-0.39, 0.29) is 24.2 Å². The molecule has 1 aliphatic heterocycles. The van der Waals surface area contributed by atoms with Crippen LogP contribution in [0.3, 0.4) is 0 Å². The lowest BCUT2D eigenvalue weighted by atomic mass is 10.1. The molecule has 1 aliphatic carbocycles. The third-order valence-electron chi connectivity index (χ3n) is 4.85. The van der Waals surface area contributed by atoms with Crippen molar-refractivity contribution >= 4 is 5.91 Å². The van der Waals surface area contributed by atoms with E-state index < -0.39 is 0 Å². The Morgan fingerprint density at radius 3 is 2.54 bits per heavy atom. The van der Waals surface area contributed by atoms with Crippen molar-refractivity contribution in [3.63, 3.8) is 0 Å². The number of aromatic nitrogens is 1. The van der Waals surface area contributed by atoms with Gasteiger partial charge in [-0.05, 0) is 39.2 Å². The van der Waals surface area contributed by atoms with E-state index in [1.807, 2.05) is 18.7 Å². The van der Waals surface area contributed by atoms with Gasteiger partial charge in [-0.2, -0.15) is 0 Å². The zero-order valence-corrected chi connectivity index (χ0v) is 14.5. The first-order valence-electron chi connectivity index (χ1n) is 8.88. The summed E-state index contributed by atoms with van der Waals surface area (Å²) in [5.74, 6) is 0.562. The van der Waals surface area contributed by atoms with E-state index in [1.165, 1.54) is 0 Å². The van der Waals surface area contributed by atoms with E-state index in [1.54, 1.807) is 18.3 Å². The topological polar surface area (TPSA) is 65.9 Å². The SMILES string of the molecule is CC(C)Oc1ccc(C(=O)N2CCN([C@@H]3CCC[C@H]3O)CC2)cn1. The minimum Gasteiger partial charge on any atom is -0.475 e. The van der Waals surface area contributed by atoms with Gasteiger partial charge in [-0.3, -0.25) is 9.69 Å². The number of rotatable bonds is 4. The van der Waals surface area contributed by atoms with Crippen LogP contribution in [0, 0.1) is 0 Å². The zero-order chi connectivity index (χ0) is 17.1. The van der Waals surface area contributed by atoms with Crippen molar-refractivity contribution < 1.29 is 14.6 Å². The highest BCUT2D eigenvalue weighted by atomic mass is 16.5. The second kappa shape index (κ2) is 7.49. The highest BCUT2D eigenvalue weighted by Gasteiger charge is 2.33. The largest absolute Gasteiger partial charge is 0.475 e. The molecule has 1 saturated carbocycles. The number of pyridine rings is 1. The average Bonchev–Trinajstić information content (AvgIpc) is 3.00. The van der Waals surface area contributed by atoms with E-state index in [4.69, 9.17) is 4.74 Å². The number of carbonyl (C=O) groups is 1. The monoisotopic (exact) mass is 333 g/mol. The molecule has 2 atom stereocenters. The van der Waals surface area contributed by atoms with Gasteiger partial charge in [0.25, 0.3) is 5.91 Å². The second-order valence-corrected chi connectivity index (χ2v) is 6.95. The first kappa shape index (κ1) is 17.2. The predicted octanol–water partition coefficient (Wildman–Crippen LogP) is 1.54. The van der Waals surface area contributed by atoms with E-state index in [0.717, 1.165) is 32.4 Å². The fourth-order valence-electron chi connectivity index (χ4n) is 3.60. The molecule has 24 heavy (non-hydrogen) atoms. The van der Waals surface area contributed by atoms with Crippen LogP contribution in [0.15, 0.2) is 18.3 Å². The minimum absolute atomic E-state index is 0.0187. The molecule has 0 spiro atoms. The third kappa shape index (κ3) is 3.87. The van der Waals surface area contributed by atoms with Gasteiger partial charge in [0, 0.05) is 44.5 Å². The van der Waals surface area contributed by atoms with Gasteiger partial charge >= 0.3 is 0 Å². The highest BCUT2D eigenvalue weighted by Crippen LogP contribution is 2.25. The van der Waals surface area contributed by atoms with Crippen molar-refractivity contribution in [1.82, 2.24) is 14.8 Å². The summed E-state index contributed by atoms with van der Waals surface area (Å²) in [5.41, 5.74) is 0.598. The summed E-state index contributed by atoms with van der Waals surface area (Å²) in [6, 6.07) is 3.80. The van der Waals surface area contributed by atoms with Gasteiger partial charge in [0.05, 0.1) is 17.8 Å². The molecular weight excluding hydrogens is 306 g/mol. The van der Waals surface area contributed by atoms with Gasteiger partial charge in [-0.15, -0.1) is 0 Å². The minimum atomic E-state index is -0.204. The van der Waals surface area contributed by atoms with Crippen LogP contribution in [0.25, 0.3) is 0 Å². The third-order valence-corrected chi connectivity index (χ3v) is 4.85. The molecule has 0 unspecified atom stereocenters. The number of aliphatic hydroxyl groups is 1. The van der Waals surface area contributed by atoms with Crippen molar-refractivity contribution in [3.8, 4) is 5.88 Å². The van der Waals surface area contributed by atoms with E-state index in [0.29, 0.717) is 24.5 Å². The van der Waals surface area contributed by atoms with E-state index in [2.05, 4.69) is 9.88 Å². The fourth-order valence-corrected chi connectivity index (χ4v) is 3.60. The Morgan fingerprint density at radius 2 is 2.00 bits per heavy atom. The smallest absolute Gasteiger partial charge is 0.255 e. The molecule has 6 heteroatoms. The Bertz CT molecular complexity index is 553. The molecule has 1 N–H and O–H groups in total. The molecule has 1 amide bonds. The van der Waals surface area contributed by atoms with Gasteiger partial charge in [-0.1, -0.05) is 0 Å². The number of carbonyl (C=O) groups excluding carboxylic acids is 1. The Balaban J connectivity index is 1.55. The molecule has 2 fully saturated rings. The second-order valence-electron chi connectivity index (χ2n) is 6.95. The van der Waals surface area contributed by atoms with Crippen molar-refractivity contribution in [2.75, 3.05) is 26.2 Å². The standard InChI is InChI=1S/C18H27N3O3/c1-13(2)24-17-7-6-14(12-19-17)18(23)21-10-8-20(9-11-21)15-4-3-5-16(15)22/h6-7,12-13,15-16,22H,3-5,8-11H2,1-2H3/t15-,16-/m1/s1. The Hall–Kier alpha value is -1.66. The van der Waals surface area contributed by atoms with Crippen LogP contribution in [0.2, 0.25) is 0 Å². The van der Waals surface area contributed by atoms with Gasteiger partial charge in [0.2, 0.25) is 5.88 Å². The average molecular weight is 333 g/mol. The molecule has 6 nitrogen and oxygen atoms in total. The normalized spacial score (nSPS) is 25.2. The molecular formula is C18H27N3O3. The predicted molar refractivity (Wildman–Crippen MR) is 91.1 cm³/mol. The van der Waals surface area contributed by atoms with Crippen LogP contribution in [-0.2, 0) is 0 Å². The Kier molecular flexibility index (Phi) is 5.36. The summed E-state index contributed by atoms with van der Waals surface area (Å²) in [6.07, 6.45) is 4.52. The van der Waals surface area contributed by atoms with Crippen molar-refractivity contribution in [1.29, 1.82) is 0 Å². The number of piperazine rings is 1. The molecule has 0 aromatic carbocycles. The van der Waals surface area contributed by atoms with Crippen LogP contribution >= 0.6 is 0 Å². The lowest BCUT2D eigenvalue weighted by Crippen LogP contribution is -2.53. The lowest BCUT2D eigenvalue weighted by molar-refractivity contribution is 0.0315. The van der Waals surface area contributed by atoms with Crippen molar-refractivity contribution in [2.45, 2.75) is 51.4 Å². The first-order valence-corrected chi connectivity index (χ1v) is 8.88. The van der Waals surface area contributed by atoms with E-state index >= 15 is 0 Å². The molecule has 2 aliphatic rings. The summed E-state index contributed by atoms with van der Waals surface area (Å²) in [6.45, 7) is 6.95. The Labute approximate surface area is 143 Å². The van der Waals surface area contributed by atoms with Gasteiger partial charge in [0.1, 0.15) is 0 Å². The lowest BCUT2D eigenvalue weighted by Gasteiger charge is -2.39. The number of amides is 1. The maximum atomic E-state index is 12.6. The molecule has 1 aromatic heterocycles. The van der Waals surface area contributed by atoms with Crippen LogP contribution in [-0.4, -0.2) is 70.2 Å². The number of hydrogen-bond donors (Lipinski definition) is 1. The maximum Gasteiger partial charge on any atom is 0.255 e. The Morgan fingerprint density at radius 1 is 1.25 bits per heavy atom. The number of hydrogen-bond acceptors (Lipinski definition) is 5. The van der Waals surface area contributed by atoms with Gasteiger partial charge < -0.3 is 14.7 Å². The molecule has 2 heterocycles. The van der Waals surface area contributed by atoms with Gasteiger partial charge in [0.15, 0.2) is 0 Å². The molecule has 132 valence electrons. The quantitative estimate of drug-likeness (QED) is 0.905. The maximum absolute atomic E-state index is 12.6. The number of ether oxygens (including phenoxy) is 1. The molecule has 3 rings (SSSR count). The fraction of sp³-hybridized carbons (Fsp3) is 0.667. The summed E-state index contributed by atoms with van der Waals surface area (Å²) in [4.78, 5) is 21.0. The summed E-state index contributed by atoms with van der Waals surface area (Å²) in [7, 11) is 0. The number of nitrogens with zero attached hydrogens (tertiary/aromatic N) is 3. The van der Waals surface area contributed by atoms with Gasteiger partial charge in [-0.25, -0.2) is 4.98 Å². The molecule has 0 bridgehead atoms. The van der Waals surface area contributed by atoms with Crippen LogP contribution in [0.1, 0.15) is 43.5 Å². The van der Waals surface area contributed by atoms with Crippen molar-refractivity contribution in [3.05, 3.63) is 23.9 Å². The molecule has 1 aromatic rings. The number of aliphatic hydroxyl groups excluding tert-OH is 1. The van der Waals surface area contributed by atoms with Crippen LogP contribution < -0.4 is 4.74 Å². The summed E-state index contributed by atoms with van der Waals surface area (Å²) >= 11 is 0. The van der Waals surface area contributed by atoms with Crippen LogP contribution in [0.5, 0.6) is 5.88 Å². The van der Waals surface area contributed by atoms with Crippen LogP contribution in [0.4, 0.5) is 0 Å². The van der Waals surface area contributed by atoms with E-state index in [9.17, 15) is 9.90 Å². The summed E-state index contributed by atoms with van der Waals surface area (Å²) in [5, 5.41) is 10.0. The zero-order valence-electron chi connectivity index (χ0n) is 14.5. The molecule has 0 radical (unpaired) electrons. The van der Waals surface area contributed by atoms with Crippen molar-refractivity contribution in [2.24, 2.45) is 0 Å². The highest BCUT2D eigenvalue weighted by molar-refractivity contribution is 5.94.